The average molecular weight is 457 g/mol. The van der Waals surface area contributed by atoms with E-state index in [4.69, 9.17) is 9.47 Å². The fourth-order valence-corrected chi connectivity index (χ4v) is 3.75. The number of benzene rings is 1. The van der Waals surface area contributed by atoms with E-state index in [0.29, 0.717) is 42.5 Å². The summed E-state index contributed by atoms with van der Waals surface area (Å²) < 4.78 is 14.3. The van der Waals surface area contributed by atoms with E-state index in [2.05, 4.69) is 20.4 Å². The van der Waals surface area contributed by atoms with Crippen LogP contribution in [0.15, 0.2) is 67.3 Å². The Kier molecular flexibility index (Phi) is 5.92. The standard InChI is InChI=1S/C25H24N6O3/c1-17-6-7-18(13-26-17)16-31-22-5-3-4-21(20(22)14-28-31)29-25(32)23-15-27-24-12-19(8-9-30(23)24)34-11-10-33-2/h3-9,12-15H,10-11,16H2,1-2H3,(H,29,32). The fraction of sp³-hybridized carbons (Fsp3) is 0.200. The maximum atomic E-state index is 13.1. The molecule has 0 spiro atoms. The summed E-state index contributed by atoms with van der Waals surface area (Å²) in [7, 11) is 1.62. The van der Waals surface area contributed by atoms with Crippen LogP contribution in [0.1, 0.15) is 21.7 Å². The van der Waals surface area contributed by atoms with Crippen molar-refractivity contribution in [3.05, 3.63) is 84.2 Å². The van der Waals surface area contributed by atoms with Gasteiger partial charge in [-0.25, -0.2) is 4.98 Å². The Hall–Kier alpha value is -4.24. The van der Waals surface area contributed by atoms with Crippen LogP contribution < -0.4 is 10.1 Å². The average Bonchev–Trinajstić information content (AvgIpc) is 3.45. The van der Waals surface area contributed by atoms with Gasteiger partial charge in [-0.1, -0.05) is 12.1 Å². The van der Waals surface area contributed by atoms with Crippen molar-refractivity contribution in [3.63, 3.8) is 0 Å². The SMILES string of the molecule is COCCOc1ccn2c(C(=O)Nc3cccc4c3cnn4Cc3ccc(C)nc3)cnc2c1. The number of aromatic nitrogens is 5. The number of amides is 1. The third kappa shape index (κ3) is 4.33. The molecular formula is C25H24N6O3. The van der Waals surface area contributed by atoms with Gasteiger partial charge in [0, 0.05) is 36.7 Å². The highest BCUT2D eigenvalue weighted by atomic mass is 16.5. The van der Waals surface area contributed by atoms with E-state index in [-0.39, 0.29) is 5.91 Å². The molecule has 0 atom stereocenters. The number of carbonyl (C=O) groups is 1. The number of nitrogens with zero attached hydrogens (tertiary/aromatic N) is 5. The molecule has 0 saturated heterocycles. The first-order valence-electron chi connectivity index (χ1n) is 10.9. The first kappa shape index (κ1) is 21.6. The van der Waals surface area contributed by atoms with Gasteiger partial charge in [0.25, 0.3) is 5.91 Å². The van der Waals surface area contributed by atoms with E-state index in [1.165, 1.54) is 0 Å². The second-order valence-electron chi connectivity index (χ2n) is 7.88. The van der Waals surface area contributed by atoms with Crippen molar-refractivity contribution in [2.75, 3.05) is 25.6 Å². The molecular weight excluding hydrogens is 432 g/mol. The molecule has 0 bridgehead atoms. The van der Waals surface area contributed by atoms with Crippen molar-refractivity contribution >= 4 is 28.1 Å². The Balaban J connectivity index is 1.37. The topological polar surface area (TPSA) is 95.6 Å². The lowest BCUT2D eigenvalue weighted by molar-refractivity contribution is 0.102. The molecule has 172 valence electrons. The van der Waals surface area contributed by atoms with Crippen LogP contribution >= 0.6 is 0 Å². The van der Waals surface area contributed by atoms with E-state index in [1.807, 2.05) is 48.1 Å². The molecule has 1 amide bonds. The zero-order valence-corrected chi connectivity index (χ0v) is 18.9. The minimum Gasteiger partial charge on any atom is -0.491 e. The molecule has 1 aromatic carbocycles. The number of fused-ring (bicyclic) bond motifs is 2. The van der Waals surface area contributed by atoms with Crippen LogP contribution in [0.25, 0.3) is 16.6 Å². The van der Waals surface area contributed by atoms with Crippen LogP contribution in [-0.4, -0.2) is 50.4 Å². The predicted octanol–water partition coefficient (Wildman–Crippen LogP) is 3.71. The lowest BCUT2D eigenvalue weighted by Crippen LogP contribution is -2.14. The molecule has 5 aromatic rings. The van der Waals surface area contributed by atoms with Crippen LogP contribution in [0.5, 0.6) is 5.75 Å². The number of nitrogens with one attached hydrogen (secondary N) is 1. The number of imidazole rings is 1. The minimum atomic E-state index is -0.261. The van der Waals surface area contributed by atoms with Gasteiger partial charge in [-0.2, -0.15) is 5.10 Å². The van der Waals surface area contributed by atoms with Gasteiger partial charge in [0.1, 0.15) is 23.7 Å². The van der Waals surface area contributed by atoms with Crippen molar-refractivity contribution in [2.45, 2.75) is 13.5 Å². The Morgan fingerprint density at radius 2 is 1.97 bits per heavy atom. The van der Waals surface area contributed by atoms with E-state index >= 15 is 0 Å². The number of carbonyl (C=O) groups excluding carboxylic acids is 1. The van der Waals surface area contributed by atoms with Gasteiger partial charge in [0.2, 0.25) is 0 Å². The summed E-state index contributed by atoms with van der Waals surface area (Å²) in [4.78, 5) is 21.8. The third-order valence-electron chi connectivity index (χ3n) is 5.51. The van der Waals surface area contributed by atoms with E-state index < -0.39 is 0 Å². The van der Waals surface area contributed by atoms with E-state index in [1.54, 1.807) is 42.2 Å². The number of ether oxygens (including phenoxy) is 2. The number of pyridine rings is 2. The maximum Gasteiger partial charge on any atom is 0.274 e. The van der Waals surface area contributed by atoms with Crippen LogP contribution in [-0.2, 0) is 11.3 Å². The largest absolute Gasteiger partial charge is 0.491 e. The summed E-state index contributed by atoms with van der Waals surface area (Å²) in [6.45, 7) is 3.49. The van der Waals surface area contributed by atoms with Gasteiger partial charge in [-0.3, -0.25) is 18.9 Å². The fourth-order valence-electron chi connectivity index (χ4n) is 3.75. The molecule has 5 rings (SSSR count). The van der Waals surface area contributed by atoms with Gasteiger partial charge < -0.3 is 14.8 Å². The normalized spacial score (nSPS) is 11.2. The lowest BCUT2D eigenvalue weighted by atomic mass is 10.2. The lowest BCUT2D eigenvalue weighted by Gasteiger charge is -2.09. The number of hydrogen-bond acceptors (Lipinski definition) is 6. The highest BCUT2D eigenvalue weighted by Gasteiger charge is 2.15. The van der Waals surface area contributed by atoms with Crippen LogP contribution in [0.3, 0.4) is 0 Å². The van der Waals surface area contributed by atoms with Gasteiger partial charge in [-0.15, -0.1) is 0 Å². The van der Waals surface area contributed by atoms with Crippen molar-refractivity contribution in [1.82, 2.24) is 24.1 Å². The van der Waals surface area contributed by atoms with Crippen molar-refractivity contribution in [1.29, 1.82) is 0 Å². The molecule has 0 aliphatic rings. The van der Waals surface area contributed by atoms with Crippen LogP contribution in [0.4, 0.5) is 5.69 Å². The highest BCUT2D eigenvalue weighted by molar-refractivity contribution is 6.08. The predicted molar refractivity (Wildman–Crippen MR) is 128 cm³/mol. The summed E-state index contributed by atoms with van der Waals surface area (Å²) in [6.07, 6.45) is 6.95. The van der Waals surface area contributed by atoms with Crippen LogP contribution in [0, 0.1) is 6.92 Å². The Labute approximate surface area is 196 Å². The van der Waals surface area contributed by atoms with Gasteiger partial charge in [-0.05, 0) is 36.8 Å². The molecule has 0 saturated carbocycles. The number of methoxy groups -OCH3 is 1. The molecule has 9 heteroatoms. The summed E-state index contributed by atoms with van der Waals surface area (Å²) in [5.41, 5.74) is 4.69. The van der Waals surface area contributed by atoms with Gasteiger partial charge in [0.15, 0.2) is 0 Å². The number of rotatable bonds is 8. The molecule has 1 N–H and O–H groups in total. The molecule has 34 heavy (non-hydrogen) atoms. The van der Waals surface area contributed by atoms with Crippen molar-refractivity contribution < 1.29 is 14.3 Å². The summed E-state index contributed by atoms with van der Waals surface area (Å²) >= 11 is 0. The molecule has 0 aliphatic heterocycles. The third-order valence-corrected chi connectivity index (χ3v) is 5.51. The molecule has 4 aromatic heterocycles. The quantitative estimate of drug-likeness (QED) is 0.358. The second-order valence-corrected chi connectivity index (χ2v) is 7.88. The molecule has 0 aliphatic carbocycles. The first-order valence-corrected chi connectivity index (χ1v) is 10.9. The molecule has 0 unspecified atom stereocenters. The summed E-state index contributed by atoms with van der Waals surface area (Å²) in [6, 6.07) is 13.4. The molecule has 4 heterocycles. The summed E-state index contributed by atoms with van der Waals surface area (Å²) in [5.74, 6) is 0.409. The smallest absolute Gasteiger partial charge is 0.274 e. The molecule has 0 radical (unpaired) electrons. The molecule has 0 fully saturated rings. The first-order chi connectivity index (χ1) is 16.6. The Morgan fingerprint density at radius 3 is 2.79 bits per heavy atom. The minimum absolute atomic E-state index is 0.261. The Bertz CT molecular complexity index is 1460. The van der Waals surface area contributed by atoms with E-state index in [0.717, 1.165) is 22.2 Å². The molecule has 9 nitrogen and oxygen atoms in total. The zero-order chi connectivity index (χ0) is 23.5. The van der Waals surface area contributed by atoms with Gasteiger partial charge in [0.05, 0.1) is 36.7 Å². The number of hydrogen-bond donors (Lipinski definition) is 1. The van der Waals surface area contributed by atoms with Crippen molar-refractivity contribution in [3.8, 4) is 5.75 Å². The van der Waals surface area contributed by atoms with Gasteiger partial charge >= 0.3 is 0 Å². The zero-order valence-electron chi connectivity index (χ0n) is 18.9. The second kappa shape index (κ2) is 9.32. The number of anilines is 1. The number of aryl methyl sites for hydroxylation is 1. The van der Waals surface area contributed by atoms with E-state index in [9.17, 15) is 4.79 Å². The van der Waals surface area contributed by atoms with Crippen molar-refractivity contribution in [2.24, 2.45) is 0 Å². The maximum absolute atomic E-state index is 13.1. The highest BCUT2D eigenvalue weighted by Crippen LogP contribution is 2.25. The monoisotopic (exact) mass is 456 g/mol. The summed E-state index contributed by atoms with van der Waals surface area (Å²) in [5, 5.41) is 8.40. The Morgan fingerprint density at radius 1 is 1.06 bits per heavy atom. The van der Waals surface area contributed by atoms with Crippen LogP contribution in [0.2, 0.25) is 0 Å².